The molecule has 0 amide bonds. The molecular formula is C18H32IN5O. The third kappa shape index (κ3) is 7.87. The number of ether oxygens (including phenoxy) is 1. The molecule has 0 bridgehead atoms. The molecule has 142 valence electrons. The fourth-order valence-electron chi connectivity index (χ4n) is 2.99. The lowest BCUT2D eigenvalue weighted by molar-refractivity contribution is 0.155. The Morgan fingerprint density at radius 1 is 1.40 bits per heavy atom. The van der Waals surface area contributed by atoms with E-state index in [0.29, 0.717) is 12.6 Å². The molecule has 0 atom stereocenters. The highest BCUT2D eigenvalue weighted by atomic mass is 127. The summed E-state index contributed by atoms with van der Waals surface area (Å²) >= 11 is 0. The van der Waals surface area contributed by atoms with Crippen LogP contribution in [0.25, 0.3) is 0 Å². The number of hydrogen-bond donors (Lipinski definition) is 2. The number of piperidine rings is 1. The number of aromatic nitrogens is 1. The minimum Gasteiger partial charge on any atom is -0.385 e. The van der Waals surface area contributed by atoms with Gasteiger partial charge in [-0.2, -0.15) is 0 Å². The van der Waals surface area contributed by atoms with Crippen LogP contribution in [0.15, 0.2) is 23.3 Å². The lowest BCUT2D eigenvalue weighted by Gasteiger charge is -2.33. The quantitative estimate of drug-likeness (QED) is 0.282. The molecule has 1 aromatic heterocycles. The Morgan fingerprint density at radius 3 is 2.80 bits per heavy atom. The van der Waals surface area contributed by atoms with Gasteiger partial charge in [0.2, 0.25) is 0 Å². The van der Waals surface area contributed by atoms with Gasteiger partial charge in [0.1, 0.15) is 0 Å². The summed E-state index contributed by atoms with van der Waals surface area (Å²) in [5.41, 5.74) is 2.26. The predicted molar refractivity (Wildman–Crippen MR) is 114 cm³/mol. The first-order valence-corrected chi connectivity index (χ1v) is 8.82. The Hall–Kier alpha value is -0.930. The van der Waals surface area contributed by atoms with E-state index in [2.05, 4.69) is 38.5 Å². The van der Waals surface area contributed by atoms with Crippen molar-refractivity contribution in [2.75, 3.05) is 40.4 Å². The number of hydrogen-bond acceptors (Lipinski definition) is 4. The Balaban J connectivity index is 0.00000312. The summed E-state index contributed by atoms with van der Waals surface area (Å²) < 4.78 is 5.12. The Labute approximate surface area is 168 Å². The van der Waals surface area contributed by atoms with E-state index in [4.69, 9.17) is 4.74 Å². The predicted octanol–water partition coefficient (Wildman–Crippen LogP) is 2.17. The van der Waals surface area contributed by atoms with E-state index in [-0.39, 0.29) is 24.0 Å². The van der Waals surface area contributed by atoms with Crippen LogP contribution < -0.4 is 10.6 Å². The van der Waals surface area contributed by atoms with Gasteiger partial charge in [-0.1, -0.05) is 6.07 Å². The van der Waals surface area contributed by atoms with Crippen molar-refractivity contribution in [2.24, 2.45) is 4.99 Å². The van der Waals surface area contributed by atoms with Crippen molar-refractivity contribution < 1.29 is 4.74 Å². The smallest absolute Gasteiger partial charge is 0.191 e. The van der Waals surface area contributed by atoms with Gasteiger partial charge in [0.25, 0.3) is 0 Å². The summed E-state index contributed by atoms with van der Waals surface area (Å²) in [5, 5.41) is 6.92. The molecule has 7 heteroatoms. The van der Waals surface area contributed by atoms with Gasteiger partial charge >= 0.3 is 0 Å². The van der Waals surface area contributed by atoms with Gasteiger partial charge in [-0.05, 0) is 37.8 Å². The molecule has 2 heterocycles. The van der Waals surface area contributed by atoms with Crippen LogP contribution in [0.2, 0.25) is 0 Å². The second-order valence-electron chi connectivity index (χ2n) is 6.30. The molecule has 0 radical (unpaired) electrons. The van der Waals surface area contributed by atoms with E-state index in [1.165, 1.54) is 5.56 Å². The summed E-state index contributed by atoms with van der Waals surface area (Å²) in [5.74, 6) is 0.859. The number of likely N-dealkylation sites (tertiary alicyclic amines) is 1. The van der Waals surface area contributed by atoms with E-state index >= 15 is 0 Å². The van der Waals surface area contributed by atoms with Crippen molar-refractivity contribution in [2.45, 2.75) is 38.8 Å². The van der Waals surface area contributed by atoms with E-state index in [1.807, 2.05) is 19.3 Å². The minimum absolute atomic E-state index is 0. The van der Waals surface area contributed by atoms with Crippen molar-refractivity contribution in [1.29, 1.82) is 0 Å². The van der Waals surface area contributed by atoms with Crippen molar-refractivity contribution in [3.8, 4) is 0 Å². The number of halogens is 1. The largest absolute Gasteiger partial charge is 0.385 e. The third-order valence-corrected chi connectivity index (χ3v) is 4.52. The van der Waals surface area contributed by atoms with Crippen LogP contribution in [0.1, 0.15) is 30.5 Å². The van der Waals surface area contributed by atoms with E-state index in [1.54, 1.807) is 7.11 Å². The van der Waals surface area contributed by atoms with Gasteiger partial charge in [-0.3, -0.25) is 9.98 Å². The van der Waals surface area contributed by atoms with Crippen LogP contribution >= 0.6 is 24.0 Å². The van der Waals surface area contributed by atoms with Gasteiger partial charge in [0.05, 0.1) is 12.2 Å². The minimum atomic E-state index is 0. The third-order valence-electron chi connectivity index (χ3n) is 4.52. The zero-order valence-corrected chi connectivity index (χ0v) is 18.0. The molecule has 0 spiro atoms. The molecular weight excluding hydrogens is 429 g/mol. The molecule has 1 saturated heterocycles. The molecule has 0 aromatic carbocycles. The maximum Gasteiger partial charge on any atom is 0.191 e. The topological polar surface area (TPSA) is 61.8 Å². The molecule has 1 aliphatic rings. The number of pyridine rings is 1. The number of nitrogens with zero attached hydrogens (tertiary/aromatic N) is 3. The molecule has 25 heavy (non-hydrogen) atoms. The molecule has 1 aliphatic heterocycles. The number of aliphatic imine (C=N–C) groups is 1. The second kappa shape index (κ2) is 12.4. The number of methoxy groups -OCH3 is 1. The first kappa shape index (κ1) is 22.1. The van der Waals surface area contributed by atoms with Gasteiger partial charge < -0.3 is 20.3 Å². The standard InChI is InChI=1S/C18H31N5O.HI/c1-15-6-4-9-20-17(15)14-21-18(19-2)22-16-7-11-23(12-8-16)10-5-13-24-3;/h4,6,9,16H,5,7-8,10-14H2,1-3H3,(H2,19,21,22);1H. The summed E-state index contributed by atoms with van der Waals surface area (Å²) in [6.07, 6.45) is 5.24. The normalized spacial score (nSPS) is 16.4. The first-order valence-electron chi connectivity index (χ1n) is 8.82. The molecule has 0 saturated carbocycles. The van der Waals surface area contributed by atoms with Crippen LogP contribution in [0.5, 0.6) is 0 Å². The van der Waals surface area contributed by atoms with Crippen molar-refractivity contribution in [3.63, 3.8) is 0 Å². The average Bonchev–Trinajstić information content (AvgIpc) is 2.61. The molecule has 0 unspecified atom stereocenters. The van der Waals surface area contributed by atoms with Crippen molar-refractivity contribution in [1.82, 2.24) is 20.5 Å². The van der Waals surface area contributed by atoms with Gasteiger partial charge in [-0.25, -0.2) is 0 Å². The summed E-state index contributed by atoms with van der Waals surface area (Å²) in [4.78, 5) is 11.3. The van der Waals surface area contributed by atoms with E-state index in [9.17, 15) is 0 Å². The highest BCUT2D eigenvalue weighted by Gasteiger charge is 2.19. The van der Waals surface area contributed by atoms with Crippen LogP contribution in [0, 0.1) is 6.92 Å². The number of aryl methyl sites for hydroxylation is 1. The van der Waals surface area contributed by atoms with Crippen molar-refractivity contribution in [3.05, 3.63) is 29.6 Å². The second-order valence-corrected chi connectivity index (χ2v) is 6.30. The van der Waals surface area contributed by atoms with Gasteiger partial charge in [0.15, 0.2) is 5.96 Å². The first-order chi connectivity index (χ1) is 11.7. The summed E-state index contributed by atoms with van der Waals surface area (Å²) in [6, 6.07) is 4.53. The Bertz CT molecular complexity index is 518. The van der Waals surface area contributed by atoms with Crippen LogP contribution in [0.4, 0.5) is 0 Å². The Morgan fingerprint density at radius 2 is 2.16 bits per heavy atom. The fraction of sp³-hybridized carbons (Fsp3) is 0.667. The molecule has 1 fully saturated rings. The summed E-state index contributed by atoms with van der Waals surface area (Å²) in [6.45, 7) is 7.03. The maximum absolute atomic E-state index is 5.12. The molecule has 1 aromatic rings. The number of nitrogens with one attached hydrogen (secondary N) is 2. The monoisotopic (exact) mass is 461 g/mol. The van der Waals surface area contributed by atoms with E-state index < -0.39 is 0 Å². The highest BCUT2D eigenvalue weighted by Crippen LogP contribution is 2.10. The average molecular weight is 461 g/mol. The van der Waals surface area contributed by atoms with E-state index in [0.717, 1.165) is 57.2 Å². The van der Waals surface area contributed by atoms with Crippen LogP contribution in [0.3, 0.4) is 0 Å². The summed E-state index contributed by atoms with van der Waals surface area (Å²) in [7, 11) is 3.59. The highest BCUT2D eigenvalue weighted by molar-refractivity contribution is 14.0. The molecule has 2 rings (SSSR count). The zero-order chi connectivity index (χ0) is 17.2. The van der Waals surface area contributed by atoms with Gasteiger partial charge in [-0.15, -0.1) is 24.0 Å². The van der Waals surface area contributed by atoms with Crippen LogP contribution in [-0.4, -0.2) is 62.3 Å². The zero-order valence-electron chi connectivity index (χ0n) is 15.6. The Kier molecular flexibility index (Phi) is 11.0. The molecule has 0 aliphatic carbocycles. The lowest BCUT2D eigenvalue weighted by atomic mass is 10.1. The van der Waals surface area contributed by atoms with Gasteiger partial charge in [0, 0.05) is 52.6 Å². The fourth-order valence-corrected chi connectivity index (χ4v) is 2.99. The van der Waals surface area contributed by atoms with Crippen LogP contribution in [-0.2, 0) is 11.3 Å². The lowest BCUT2D eigenvalue weighted by Crippen LogP contribution is -2.48. The number of rotatable bonds is 7. The molecule has 6 nitrogen and oxygen atoms in total. The molecule has 2 N–H and O–H groups in total. The maximum atomic E-state index is 5.12. The SMILES string of the molecule is CN=C(NCc1ncccc1C)NC1CCN(CCCOC)CC1.I. The van der Waals surface area contributed by atoms with Crippen molar-refractivity contribution >= 4 is 29.9 Å². The number of guanidine groups is 1.